The highest BCUT2D eigenvalue weighted by molar-refractivity contribution is 6.24. The fraction of sp³-hybridized carbons (Fsp3) is 0.304. The van der Waals surface area contributed by atoms with Crippen molar-refractivity contribution in [3.8, 4) is 0 Å². The molecule has 0 fully saturated rings. The van der Waals surface area contributed by atoms with Crippen LogP contribution in [0.4, 0.5) is 4.79 Å². The van der Waals surface area contributed by atoms with Crippen molar-refractivity contribution in [2.24, 2.45) is 5.10 Å². The van der Waals surface area contributed by atoms with Gasteiger partial charge in [0.1, 0.15) is 11.3 Å². The number of benzene rings is 2. The highest BCUT2D eigenvalue weighted by Gasteiger charge is 2.56. The summed E-state index contributed by atoms with van der Waals surface area (Å²) in [7, 11) is 1.48. The number of hydroxylamine groups is 2. The molecule has 2 aromatic rings. The van der Waals surface area contributed by atoms with Gasteiger partial charge in [-0.3, -0.25) is 4.79 Å². The summed E-state index contributed by atoms with van der Waals surface area (Å²) >= 11 is 0. The maximum Gasteiger partial charge on any atom is 0.445 e. The second-order valence-electron chi connectivity index (χ2n) is 8.24. The largest absolute Gasteiger partial charge is 0.445 e. The Morgan fingerprint density at radius 3 is 2.10 bits per heavy atom. The van der Waals surface area contributed by atoms with Crippen LogP contribution >= 0.6 is 0 Å². The van der Waals surface area contributed by atoms with Gasteiger partial charge in [-0.25, -0.2) is 14.6 Å². The van der Waals surface area contributed by atoms with E-state index in [0.29, 0.717) is 10.6 Å². The molecule has 1 heterocycles. The number of ether oxygens (including phenoxy) is 1. The van der Waals surface area contributed by atoms with Crippen LogP contribution in [0, 0.1) is 0 Å². The summed E-state index contributed by atoms with van der Waals surface area (Å²) < 4.78 is 5.47. The molecule has 0 saturated heterocycles. The van der Waals surface area contributed by atoms with Crippen LogP contribution in [0.25, 0.3) is 0 Å². The predicted molar refractivity (Wildman–Crippen MR) is 114 cm³/mol. The van der Waals surface area contributed by atoms with Crippen molar-refractivity contribution in [3.05, 3.63) is 71.8 Å². The minimum atomic E-state index is -1.73. The van der Waals surface area contributed by atoms with Gasteiger partial charge in [0.05, 0.1) is 5.56 Å². The summed E-state index contributed by atoms with van der Waals surface area (Å²) in [6.07, 6.45) is -0.980. The molecular weight excluding hydrogens is 398 g/mol. The Morgan fingerprint density at radius 1 is 1.00 bits per heavy atom. The van der Waals surface area contributed by atoms with Gasteiger partial charge in [0, 0.05) is 12.6 Å². The zero-order chi connectivity index (χ0) is 22.8. The Labute approximate surface area is 181 Å². The van der Waals surface area contributed by atoms with E-state index in [4.69, 9.17) is 9.57 Å². The van der Waals surface area contributed by atoms with E-state index in [-0.39, 0.29) is 11.3 Å². The molecule has 0 radical (unpaired) electrons. The smallest absolute Gasteiger partial charge is 0.442 e. The van der Waals surface area contributed by atoms with Crippen LogP contribution in [0.2, 0.25) is 0 Å². The van der Waals surface area contributed by atoms with E-state index in [1.54, 1.807) is 75.4 Å². The highest BCUT2D eigenvalue weighted by Crippen LogP contribution is 2.32. The molecule has 0 bridgehead atoms. The van der Waals surface area contributed by atoms with Gasteiger partial charge in [0.25, 0.3) is 5.91 Å². The highest BCUT2D eigenvalue weighted by atomic mass is 16.8. The SMILES string of the molecule is CN1N=C(c2ccccc2)C(C)(N(OC(=O)c2ccccc2)C(=O)OC(C)(C)C)C1=O. The second-order valence-corrected chi connectivity index (χ2v) is 8.24. The maximum absolute atomic E-state index is 13.2. The van der Waals surface area contributed by atoms with E-state index >= 15 is 0 Å². The molecule has 3 rings (SSSR count). The third-order valence-electron chi connectivity index (χ3n) is 4.62. The summed E-state index contributed by atoms with van der Waals surface area (Å²) in [5.74, 6) is -1.35. The minimum absolute atomic E-state index is 0.219. The molecule has 2 aromatic carbocycles. The van der Waals surface area contributed by atoms with Gasteiger partial charge in [-0.2, -0.15) is 5.10 Å². The van der Waals surface area contributed by atoms with E-state index in [1.165, 1.54) is 14.0 Å². The van der Waals surface area contributed by atoms with Crippen LogP contribution in [0.3, 0.4) is 0 Å². The minimum Gasteiger partial charge on any atom is -0.442 e. The van der Waals surface area contributed by atoms with Crippen LogP contribution in [0.15, 0.2) is 65.8 Å². The Kier molecular flexibility index (Phi) is 5.83. The lowest BCUT2D eigenvalue weighted by atomic mass is 9.90. The second kappa shape index (κ2) is 8.22. The number of carbonyl (C=O) groups excluding carboxylic acids is 3. The number of likely N-dealkylation sites (N-methyl/N-ethyl adjacent to an activating group) is 1. The monoisotopic (exact) mass is 423 g/mol. The van der Waals surface area contributed by atoms with Gasteiger partial charge < -0.3 is 9.57 Å². The van der Waals surface area contributed by atoms with E-state index in [1.807, 2.05) is 6.07 Å². The fourth-order valence-electron chi connectivity index (χ4n) is 3.15. The normalized spacial score (nSPS) is 18.4. The number of hydrazone groups is 1. The van der Waals surface area contributed by atoms with Gasteiger partial charge in [-0.15, -0.1) is 5.06 Å². The number of amides is 2. The first kappa shape index (κ1) is 22.0. The van der Waals surface area contributed by atoms with E-state index in [9.17, 15) is 14.4 Å². The molecule has 8 nitrogen and oxygen atoms in total. The molecule has 0 spiro atoms. The molecule has 8 heteroatoms. The summed E-state index contributed by atoms with van der Waals surface area (Å²) in [6.45, 7) is 6.52. The third kappa shape index (κ3) is 4.42. The van der Waals surface area contributed by atoms with Crippen molar-refractivity contribution < 1.29 is 24.0 Å². The lowest BCUT2D eigenvalue weighted by molar-refractivity contribution is -0.164. The number of hydrogen-bond acceptors (Lipinski definition) is 6. The number of carbonyl (C=O) groups is 3. The van der Waals surface area contributed by atoms with Gasteiger partial charge in [-0.1, -0.05) is 48.5 Å². The predicted octanol–water partition coefficient (Wildman–Crippen LogP) is 3.63. The first-order valence-corrected chi connectivity index (χ1v) is 9.77. The molecule has 1 aliphatic heterocycles. The van der Waals surface area contributed by atoms with Crippen LogP contribution in [-0.2, 0) is 14.4 Å². The number of rotatable bonds is 3. The van der Waals surface area contributed by atoms with Crippen molar-refractivity contribution in [2.45, 2.75) is 38.8 Å². The summed E-state index contributed by atoms with van der Waals surface area (Å²) in [6, 6.07) is 17.1. The van der Waals surface area contributed by atoms with Crippen molar-refractivity contribution in [2.75, 3.05) is 7.05 Å². The molecule has 162 valence electrons. The average molecular weight is 423 g/mol. The summed E-state index contributed by atoms with van der Waals surface area (Å²) in [4.78, 5) is 44.7. The first-order chi connectivity index (χ1) is 14.5. The zero-order valence-electron chi connectivity index (χ0n) is 18.2. The molecule has 1 atom stereocenters. The molecule has 1 aliphatic rings. The Hall–Kier alpha value is -3.68. The van der Waals surface area contributed by atoms with Crippen molar-refractivity contribution in [1.82, 2.24) is 10.1 Å². The van der Waals surface area contributed by atoms with Crippen LogP contribution < -0.4 is 0 Å². The van der Waals surface area contributed by atoms with Crippen molar-refractivity contribution >= 4 is 23.7 Å². The van der Waals surface area contributed by atoms with Gasteiger partial charge in [-0.05, 0) is 39.8 Å². The molecule has 0 aromatic heterocycles. The Balaban J connectivity index is 2.07. The molecule has 0 aliphatic carbocycles. The van der Waals surface area contributed by atoms with E-state index in [2.05, 4.69) is 5.10 Å². The number of hydrogen-bond donors (Lipinski definition) is 0. The Morgan fingerprint density at radius 2 is 1.55 bits per heavy atom. The molecule has 31 heavy (non-hydrogen) atoms. The van der Waals surface area contributed by atoms with Crippen LogP contribution in [-0.4, -0.2) is 51.9 Å². The lowest BCUT2D eigenvalue weighted by Gasteiger charge is -2.35. The maximum atomic E-state index is 13.2. The van der Waals surface area contributed by atoms with Crippen LogP contribution in [0.5, 0.6) is 0 Å². The fourth-order valence-corrected chi connectivity index (χ4v) is 3.15. The van der Waals surface area contributed by atoms with Gasteiger partial charge in [0.2, 0.25) is 5.54 Å². The molecule has 0 saturated carbocycles. The number of nitrogens with zero attached hydrogens (tertiary/aromatic N) is 3. The Bertz CT molecular complexity index is 1010. The van der Waals surface area contributed by atoms with Gasteiger partial charge in [0.15, 0.2) is 0 Å². The quantitative estimate of drug-likeness (QED) is 0.704. The van der Waals surface area contributed by atoms with E-state index in [0.717, 1.165) is 5.01 Å². The van der Waals surface area contributed by atoms with Crippen molar-refractivity contribution in [1.29, 1.82) is 0 Å². The van der Waals surface area contributed by atoms with E-state index < -0.39 is 29.1 Å². The van der Waals surface area contributed by atoms with Crippen LogP contribution in [0.1, 0.15) is 43.6 Å². The standard InChI is InChI=1S/C23H25N3O5/c1-22(2,3)30-21(29)26(31-19(27)17-14-10-7-11-15-17)23(4)18(24-25(5)20(23)28)16-12-8-6-9-13-16/h6-15H,1-5H3. The summed E-state index contributed by atoms with van der Waals surface area (Å²) in [5, 5.41) is 6.14. The average Bonchev–Trinajstić information content (AvgIpc) is 2.96. The third-order valence-corrected chi connectivity index (χ3v) is 4.62. The topological polar surface area (TPSA) is 88.5 Å². The molecule has 1 unspecified atom stereocenters. The lowest BCUT2D eigenvalue weighted by Crippen LogP contribution is -2.60. The molecular formula is C23H25N3O5. The van der Waals surface area contributed by atoms with Gasteiger partial charge >= 0.3 is 12.1 Å². The van der Waals surface area contributed by atoms with Crippen molar-refractivity contribution in [3.63, 3.8) is 0 Å². The molecule has 0 N–H and O–H groups in total. The molecule has 2 amide bonds. The zero-order valence-corrected chi connectivity index (χ0v) is 18.2. The first-order valence-electron chi connectivity index (χ1n) is 9.77. The summed E-state index contributed by atoms with van der Waals surface area (Å²) in [5.41, 5.74) is -1.54.